The third kappa shape index (κ3) is 1.99. The monoisotopic (exact) mass is 270 g/mol. The molecule has 1 aromatic carbocycles. The van der Waals surface area contributed by atoms with Gasteiger partial charge in [0.15, 0.2) is 23.0 Å². The van der Waals surface area contributed by atoms with Gasteiger partial charge in [0.25, 0.3) is 0 Å². The summed E-state index contributed by atoms with van der Waals surface area (Å²) in [6.07, 6.45) is 4.83. The van der Waals surface area contributed by atoms with Crippen LogP contribution in [-0.4, -0.2) is 14.4 Å². The third-order valence-corrected chi connectivity index (χ3v) is 2.95. The van der Waals surface area contributed by atoms with Gasteiger partial charge in [-0.05, 0) is 11.6 Å². The predicted molar refractivity (Wildman–Crippen MR) is 66.9 cm³/mol. The minimum atomic E-state index is -0.904. The molecule has 4 nitrogen and oxygen atoms in total. The van der Waals surface area contributed by atoms with Crippen molar-refractivity contribution in [1.82, 2.24) is 14.4 Å². The summed E-state index contributed by atoms with van der Waals surface area (Å²) in [5.41, 5.74) is 1.33. The number of halogens is 2. The third-order valence-electron chi connectivity index (χ3n) is 2.95. The van der Waals surface area contributed by atoms with Crippen LogP contribution in [0.25, 0.3) is 5.65 Å². The fraction of sp³-hybridized carbons (Fsp3) is 0.0714. The van der Waals surface area contributed by atoms with E-state index in [1.165, 1.54) is 18.3 Å². The molecule has 0 unspecified atom stereocenters. The van der Waals surface area contributed by atoms with Gasteiger partial charge in [-0.25, -0.2) is 18.7 Å². The van der Waals surface area contributed by atoms with Crippen LogP contribution in [-0.2, 0) is 6.42 Å². The summed E-state index contributed by atoms with van der Waals surface area (Å²) in [5, 5.41) is 8.94. The van der Waals surface area contributed by atoms with Crippen LogP contribution in [0, 0.1) is 23.0 Å². The number of aromatic nitrogens is 3. The van der Waals surface area contributed by atoms with Gasteiger partial charge in [0.05, 0.1) is 5.69 Å². The Morgan fingerprint density at radius 1 is 1.30 bits per heavy atom. The maximum atomic E-state index is 13.7. The van der Waals surface area contributed by atoms with Gasteiger partial charge in [-0.1, -0.05) is 12.1 Å². The lowest BCUT2D eigenvalue weighted by atomic mass is 10.1. The molecule has 98 valence electrons. The number of imidazole rings is 1. The average Bonchev–Trinajstić information content (AvgIpc) is 2.92. The minimum absolute atomic E-state index is 0.0691. The van der Waals surface area contributed by atoms with Crippen LogP contribution in [0.3, 0.4) is 0 Å². The van der Waals surface area contributed by atoms with Gasteiger partial charge in [0, 0.05) is 25.0 Å². The van der Waals surface area contributed by atoms with Gasteiger partial charge in [-0.3, -0.25) is 0 Å². The van der Waals surface area contributed by atoms with Crippen molar-refractivity contribution in [1.29, 1.82) is 5.26 Å². The number of benzene rings is 1. The normalized spacial score (nSPS) is 10.7. The molecule has 6 heteroatoms. The summed E-state index contributed by atoms with van der Waals surface area (Å²) >= 11 is 0. The molecule has 3 rings (SSSR count). The molecule has 0 aliphatic heterocycles. The molecule has 0 radical (unpaired) electrons. The molecular formula is C14H8F2N4. The van der Waals surface area contributed by atoms with E-state index in [-0.39, 0.29) is 17.7 Å². The molecule has 2 aromatic heterocycles. The van der Waals surface area contributed by atoms with Crippen LogP contribution in [0.2, 0.25) is 0 Å². The molecule has 0 atom stereocenters. The maximum absolute atomic E-state index is 13.7. The number of hydrogen-bond donors (Lipinski definition) is 0. The van der Waals surface area contributed by atoms with E-state index in [1.54, 1.807) is 16.8 Å². The zero-order valence-electron chi connectivity index (χ0n) is 10.2. The Kier molecular flexibility index (Phi) is 2.88. The van der Waals surface area contributed by atoms with E-state index in [2.05, 4.69) is 9.97 Å². The Labute approximate surface area is 112 Å². The first kappa shape index (κ1) is 12.2. The second-order valence-electron chi connectivity index (χ2n) is 4.23. The van der Waals surface area contributed by atoms with Crippen molar-refractivity contribution < 1.29 is 8.78 Å². The highest BCUT2D eigenvalue weighted by molar-refractivity contribution is 5.47. The molecule has 0 fully saturated rings. The highest BCUT2D eigenvalue weighted by Gasteiger charge is 2.13. The van der Waals surface area contributed by atoms with Crippen LogP contribution in [0.4, 0.5) is 8.78 Å². The molecule has 2 heterocycles. The number of nitriles is 1. The summed E-state index contributed by atoms with van der Waals surface area (Å²) in [6.45, 7) is 0. The molecule has 0 saturated carbocycles. The van der Waals surface area contributed by atoms with E-state index in [9.17, 15) is 8.78 Å². The van der Waals surface area contributed by atoms with Crippen LogP contribution in [0.1, 0.15) is 17.0 Å². The van der Waals surface area contributed by atoms with Gasteiger partial charge >= 0.3 is 0 Å². The van der Waals surface area contributed by atoms with Crippen LogP contribution in [0.5, 0.6) is 0 Å². The molecule has 0 aliphatic rings. The quantitative estimate of drug-likeness (QED) is 0.718. The topological polar surface area (TPSA) is 54.0 Å². The molecule has 0 saturated heterocycles. The number of rotatable bonds is 2. The number of hydrogen-bond acceptors (Lipinski definition) is 3. The lowest BCUT2D eigenvalue weighted by Crippen LogP contribution is -2.03. The number of nitrogens with zero attached hydrogens (tertiary/aromatic N) is 4. The smallest absolute Gasteiger partial charge is 0.162 e. The first-order valence-electron chi connectivity index (χ1n) is 5.84. The van der Waals surface area contributed by atoms with E-state index >= 15 is 0 Å². The second-order valence-corrected chi connectivity index (χ2v) is 4.23. The van der Waals surface area contributed by atoms with Gasteiger partial charge in [-0.15, -0.1) is 0 Å². The second kappa shape index (κ2) is 4.70. The van der Waals surface area contributed by atoms with Crippen LogP contribution in [0.15, 0.2) is 36.8 Å². The van der Waals surface area contributed by atoms with Crippen molar-refractivity contribution >= 4 is 5.65 Å². The summed E-state index contributed by atoms with van der Waals surface area (Å²) in [5.74, 6) is -1.81. The van der Waals surface area contributed by atoms with Crippen molar-refractivity contribution in [2.45, 2.75) is 6.42 Å². The van der Waals surface area contributed by atoms with Gasteiger partial charge < -0.3 is 4.40 Å². The Balaban J connectivity index is 2.13. The zero-order chi connectivity index (χ0) is 14.1. The molecule has 0 N–H and O–H groups in total. The summed E-state index contributed by atoms with van der Waals surface area (Å²) < 4.78 is 28.6. The van der Waals surface area contributed by atoms with E-state index in [0.29, 0.717) is 11.3 Å². The van der Waals surface area contributed by atoms with Crippen LogP contribution >= 0.6 is 0 Å². The van der Waals surface area contributed by atoms with Crippen molar-refractivity contribution in [2.75, 3.05) is 0 Å². The van der Waals surface area contributed by atoms with E-state index in [1.807, 2.05) is 6.07 Å². The molecule has 0 aliphatic carbocycles. The largest absolute Gasteiger partial charge is 0.303 e. The van der Waals surface area contributed by atoms with Crippen molar-refractivity contribution in [2.24, 2.45) is 0 Å². The van der Waals surface area contributed by atoms with Gasteiger partial charge in [-0.2, -0.15) is 5.26 Å². The molecule has 0 amide bonds. The summed E-state index contributed by atoms with van der Waals surface area (Å²) in [6, 6.07) is 5.91. The Morgan fingerprint density at radius 2 is 2.15 bits per heavy atom. The van der Waals surface area contributed by atoms with E-state index in [0.717, 1.165) is 6.07 Å². The molecule has 0 bridgehead atoms. The SMILES string of the molecule is N#Cc1cn2ccnc2c(Cc2cccc(F)c2F)n1. The lowest BCUT2D eigenvalue weighted by molar-refractivity contribution is 0.500. The fourth-order valence-corrected chi connectivity index (χ4v) is 2.03. The summed E-state index contributed by atoms with van der Waals surface area (Å²) in [7, 11) is 0. The first-order chi connectivity index (χ1) is 9.69. The average molecular weight is 270 g/mol. The Bertz CT molecular complexity index is 833. The first-order valence-corrected chi connectivity index (χ1v) is 5.84. The standard InChI is InChI=1S/C14H8F2N4/c15-11-3-1-2-9(13(11)16)6-12-14-18-4-5-20(14)8-10(7-17)19-12/h1-5,8H,6H2. The highest BCUT2D eigenvalue weighted by Crippen LogP contribution is 2.17. The van der Waals surface area contributed by atoms with E-state index < -0.39 is 11.6 Å². The highest BCUT2D eigenvalue weighted by atomic mass is 19.2. The van der Waals surface area contributed by atoms with Crippen molar-refractivity contribution in [3.05, 3.63) is 65.4 Å². The fourth-order valence-electron chi connectivity index (χ4n) is 2.03. The van der Waals surface area contributed by atoms with E-state index in [4.69, 9.17) is 5.26 Å². The van der Waals surface area contributed by atoms with Crippen molar-refractivity contribution in [3.8, 4) is 6.07 Å². The van der Waals surface area contributed by atoms with Gasteiger partial charge in [0.2, 0.25) is 0 Å². The molecule has 3 aromatic rings. The maximum Gasteiger partial charge on any atom is 0.162 e. The predicted octanol–water partition coefficient (Wildman–Crippen LogP) is 2.47. The molecular weight excluding hydrogens is 262 g/mol. The van der Waals surface area contributed by atoms with Crippen molar-refractivity contribution in [3.63, 3.8) is 0 Å². The Hall–Kier alpha value is -2.81. The zero-order valence-corrected chi connectivity index (χ0v) is 10.2. The van der Waals surface area contributed by atoms with Crippen LogP contribution < -0.4 is 0 Å². The summed E-state index contributed by atoms with van der Waals surface area (Å²) in [4.78, 5) is 8.24. The minimum Gasteiger partial charge on any atom is -0.303 e. The number of fused-ring (bicyclic) bond motifs is 1. The molecule has 20 heavy (non-hydrogen) atoms. The van der Waals surface area contributed by atoms with Gasteiger partial charge in [0.1, 0.15) is 6.07 Å². The molecule has 0 spiro atoms. The lowest BCUT2D eigenvalue weighted by Gasteiger charge is -2.06. The Morgan fingerprint density at radius 3 is 2.95 bits per heavy atom.